The lowest BCUT2D eigenvalue weighted by molar-refractivity contribution is 0.0985. The average Bonchev–Trinajstić information content (AvgIpc) is 3.25. The molecule has 0 aliphatic carbocycles. The summed E-state index contributed by atoms with van der Waals surface area (Å²) in [5.41, 5.74) is 2.52. The topological polar surface area (TPSA) is 42.4 Å². The van der Waals surface area contributed by atoms with Gasteiger partial charge in [0.1, 0.15) is 5.75 Å². The summed E-state index contributed by atoms with van der Waals surface area (Å²) in [5, 5.41) is 2.83. The Morgan fingerprint density at radius 3 is 2.48 bits per heavy atom. The molecule has 0 N–H and O–H groups in total. The molecule has 1 heterocycles. The minimum Gasteiger partial charge on any atom is -0.497 e. The third-order valence-corrected chi connectivity index (χ3v) is 6.30. The maximum atomic E-state index is 13.7. The quantitative estimate of drug-likeness (QED) is 0.332. The first kappa shape index (κ1) is 19.3. The number of thiazole rings is 1. The number of rotatable bonds is 5. The minimum absolute atomic E-state index is 0.0689. The number of carbonyl (C=O) groups is 1. The number of aromatic nitrogens is 1. The fourth-order valence-electron chi connectivity index (χ4n) is 3.61. The third kappa shape index (κ3) is 3.88. The van der Waals surface area contributed by atoms with Crippen molar-refractivity contribution in [2.75, 3.05) is 12.0 Å². The Kier molecular flexibility index (Phi) is 5.10. The van der Waals surface area contributed by atoms with Crippen molar-refractivity contribution >= 4 is 43.4 Å². The molecule has 0 aliphatic heterocycles. The standard InChI is InChI=1S/C26H20N2O2S/c1-30-22-13-14-24-23(16-22)27-26(31-24)28(17-18-7-3-2-4-8-18)25(29)21-12-11-19-9-5-6-10-20(19)15-21/h2-16H,17H2,1H3. The van der Waals surface area contributed by atoms with Gasteiger partial charge in [0.05, 0.1) is 23.9 Å². The van der Waals surface area contributed by atoms with E-state index in [1.54, 1.807) is 12.0 Å². The van der Waals surface area contributed by atoms with Crippen LogP contribution in [0.4, 0.5) is 5.13 Å². The van der Waals surface area contributed by atoms with E-state index in [9.17, 15) is 4.79 Å². The van der Waals surface area contributed by atoms with E-state index in [1.807, 2.05) is 91.0 Å². The van der Waals surface area contributed by atoms with E-state index in [0.717, 1.165) is 32.3 Å². The molecule has 0 aliphatic rings. The van der Waals surface area contributed by atoms with Gasteiger partial charge in [0.15, 0.2) is 5.13 Å². The summed E-state index contributed by atoms with van der Waals surface area (Å²) in [6.45, 7) is 0.448. The summed E-state index contributed by atoms with van der Waals surface area (Å²) in [6, 6.07) is 29.7. The molecule has 0 unspecified atom stereocenters. The monoisotopic (exact) mass is 424 g/mol. The second kappa shape index (κ2) is 8.20. The normalized spacial score (nSPS) is 11.0. The molecule has 4 nitrogen and oxygen atoms in total. The highest BCUT2D eigenvalue weighted by Crippen LogP contribution is 2.33. The summed E-state index contributed by atoms with van der Waals surface area (Å²) in [5.74, 6) is 0.681. The number of hydrogen-bond acceptors (Lipinski definition) is 4. The van der Waals surface area contributed by atoms with Crippen molar-refractivity contribution < 1.29 is 9.53 Å². The molecule has 0 bridgehead atoms. The van der Waals surface area contributed by atoms with Crippen LogP contribution in [0.3, 0.4) is 0 Å². The van der Waals surface area contributed by atoms with Crippen molar-refractivity contribution in [3.8, 4) is 5.75 Å². The van der Waals surface area contributed by atoms with Crippen LogP contribution in [0.2, 0.25) is 0 Å². The summed E-state index contributed by atoms with van der Waals surface area (Å²) in [6.07, 6.45) is 0. The highest BCUT2D eigenvalue weighted by Gasteiger charge is 2.22. The van der Waals surface area contributed by atoms with Gasteiger partial charge >= 0.3 is 0 Å². The summed E-state index contributed by atoms with van der Waals surface area (Å²) in [7, 11) is 1.64. The van der Waals surface area contributed by atoms with Gasteiger partial charge in [-0.05, 0) is 40.6 Å². The molecule has 1 amide bonds. The van der Waals surface area contributed by atoms with Crippen LogP contribution in [0.5, 0.6) is 5.75 Å². The Hall–Kier alpha value is -3.70. The van der Waals surface area contributed by atoms with Crippen molar-refractivity contribution in [2.24, 2.45) is 0 Å². The molecule has 5 aromatic rings. The SMILES string of the molecule is COc1ccc2sc(N(Cc3ccccc3)C(=O)c3ccc4ccccc4c3)nc2c1. The highest BCUT2D eigenvalue weighted by atomic mass is 32.1. The lowest BCUT2D eigenvalue weighted by atomic mass is 10.1. The van der Waals surface area contributed by atoms with E-state index in [4.69, 9.17) is 9.72 Å². The molecule has 5 rings (SSSR count). The van der Waals surface area contributed by atoms with Crippen LogP contribution >= 0.6 is 11.3 Å². The fourth-order valence-corrected chi connectivity index (χ4v) is 4.55. The number of methoxy groups -OCH3 is 1. The average molecular weight is 425 g/mol. The van der Waals surface area contributed by atoms with E-state index in [-0.39, 0.29) is 5.91 Å². The highest BCUT2D eigenvalue weighted by molar-refractivity contribution is 7.22. The van der Waals surface area contributed by atoms with Crippen molar-refractivity contribution in [1.29, 1.82) is 0 Å². The Labute approximate surface area is 184 Å². The lowest BCUT2D eigenvalue weighted by Crippen LogP contribution is -2.30. The van der Waals surface area contributed by atoms with E-state index in [0.29, 0.717) is 17.2 Å². The summed E-state index contributed by atoms with van der Waals surface area (Å²) in [4.78, 5) is 20.2. The van der Waals surface area contributed by atoms with Crippen LogP contribution in [0, 0.1) is 0 Å². The van der Waals surface area contributed by atoms with Crippen LogP contribution in [0.25, 0.3) is 21.0 Å². The van der Waals surface area contributed by atoms with Crippen LogP contribution in [0.1, 0.15) is 15.9 Å². The molecular formula is C26H20N2O2S. The smallest absolute Gasteiger partial charge is 0.260 e. The molecule has 0 radical (unpaired) electrons. The molecule has 5 heteroatoms. The van der Waals surface area contributed by atoms with E-state index < -0.39 is 0 Å². The van der Waals surface area contributed by atoms with Gasteiger partial charge in [-0.15, -0.1) is 0 Å². The number of hydrogen-bond donors (Lipinski definition) is 0. The lowest BCUT2D eigenvalue weighted by Gasteiger charge is -2.20. The zero-order valence-electron chi connectivity index (χ0n) is 17.0. The largest absolute Gasteiger partial charge is 0.497 e. The van der Waals surface area contributed by atoms with Crippen molar-refractivity contribution in [2.45, 2.75) is 6.54 Å². The molecule has 31 heavy (non-hydrogen) atoms. The van der Waals surface area contributed by atoms with Gasteiger partial charge in [0, 0.05) is 11.6 Å². The van der Waals surface area contributed by atoms with Gasteiger partial charge in [0.2, 0.25) is 0 Å². The van der Waals surface area contributed by atoms with Gasteiger partial charge in [-0.2, -0.15) is 0 Å². The second-order valence-corrected chi connectivity index (χ2v) is 8.28. The summed E-state index contributed by atoms with van der Waals surface area (Å²) < 4.78 is 6.34. The van der Waals surface area contributed by atoms with Crippen molar-refractivity contribution in [3.05, 3.63) is 102 Å². The van der Waals surface area contributed by atoms with Crippen molar-refractivity contribution in [3.63, 3.8) is 0 Å². The molecule has 0 spiro atoms. The Morgan fingerprint density at radius 1 is 0.903 bits per heavy atom. The third-order valence-electron chi connectivity index (χ3n) is 5.24. The Morgan fingerprint density at radius 2 is 1.68 bits per heavy atom. The number of carbonyl (C=O) groups excluding carboxylic acids is 1. The number of anilines is 1. The minimum atomic E-state index is -0.0689. The number of amides is 1. The molecular weight excluding hydrogens is 404 g/mol. The van der Waals surface area contributed by atoms with Crippen molar-refractivity contribution in [1.82, 2.24) is 4.98 Å². The first-order chi connectivity index (χ1) is 15.2. The maximum Gasteiger partial charge on any atom is 0.260 e. The van der Waals surface area contributed by atoms with Gasteiger partial charge < -0.3 is 4.74 Å². The number of nitrogens with zero attached hydrogens (tertiary/aromatic N) is 2. The second-order valence-electron chi connectivity index (χ2n) is 7.27. The predicted molar refractivity (Wildman–Crippen MR) is 127 cm³/mol. The number of fused-ring (bicyclic) bond motifs is 2. The molecule has 152 valence electrons. The molecule has 0 fully saturated rings. The van der Waals surface area contributed by atoms with E-state index in [2.05, 4.69) is 0 Å². The van der Waals surface area contributed by atoms with E-state index in [1.165, 1.54) is 11.3 Å². The van der Waals surface area contributed by atoms with Gasteiger partial charge in [-0.25, -0.2) is 4.98 Å². The fraction of sp³-hybridized carbons (Fsp3) is 0.0769. The zero-order valence-corrected chi connectivity index (χ0v) is 17.8. The maximum absolute atomic E-state index is 13.7. The Balaban J connectivity index is 1.58. The summed E-state index contributed by atoms with van der Waals surface area (Å²) >= 11 is 1.51. The molecule has 0 saturated carbocycles. The number of benzene rings is 4. The predicted octanol–water partition coefficient (Wildman–Crippen LogP) is 6.31. The van der Waals surface area contributed by atoms with Crippen LogP contribution in [-0.2, 0) is 6.54 Å². The van der Waals surface area contributed by atoms with Crippen LogP contribution in [0.15, 0.2) is 91.0 Å². The van der Waals surface area contributed by atoms with Crippen LogP contribution < -0.4 is 9.64 Å². The molecule has 0 atom stereocenters. The Bertz CT molecular complexity index is 1380. The van der Waals surface area contributed by atoms with Crippen LogP contribution in [-0.4, -0.2) is 18.0 Å². The van der Waals surface area contributed by atoms with Gasteiger partial charge in [0.25, 0.3) is 5.91 Å². The first-order valence-corrected chi connectivity index (χ1v) is 10.8. The zero-order chi connectivity index (χ0) is 21.2. The van der Waals surface area contributed by atoms with E-state index >= 15 is 0 Å². The molecule has 1 aromatic heterocycles. The van der Waals surface area contributed by atoms with Gasteiger partial charge in [-0.3, -0.25) is 9.69 Å². The van der Waals surface area contributed by atoms with Gasteiger partial charge in [-0.1, -0.05) is 72.0 Å². The number of ether oxygens (including phenoxy) is 1. The first-order valence-electron chi connectivity index (χ1n) is 10.0. The molecule has 0 saturated heterocycles. The molecule has 4 aromatic carbocycles.